The Kier molecular flexibility index (Phi) is 6.07. The van der Waals surface area contributed by atoms with E-state index in [-0.39, 0.29) is 6.04 Å². The molecule has 1 atom stereocenters. The van der Waals surface area contributed by atoms with Crippen LogP contribution in [0.5, 0.6) is 11.5 Å². The monoisotopic (exact) mass is 374 g/mol. The van der Waals surface area contributed by atoms with Gasteiger partial charge in [-0.25, -0.2) is 4.98 Å². The van der Waals surface area contributed by atoms with Gasteiger partial charge in [-0.15, -0.1) is 22.7 Å². The second-order valence-electron chi connectivity index (χ2n) is 5.77. The number of methoxy groups -OCH3 is 2. The van der Waals surface area contributed by atoms with E-state index in [0.717, 1.165) is 40.7 Å². The van der Waals surface area contributed by atoms with Crippen LogP contribution >= 0.6 is 22.7 Å². The number of aryl methyl sites for hydroxylation is 1. The second kappa shape index (κ2) is 8.47. The van der Waals surface area contributed by atoms with Crippen molar-refractivity contribution in [3.05, 3.63) is 62.2 Å². The van der Waals surface area contributed by atoms with E-state index < -0.39 is 0 Å². The number of rotatable bonds is 8. The molecule has 1 aromatic carbocycles. The fourth-order valence-electron chi connectivity index (χ4n) is 2.62. The van der Waals surface area contributed by atoms with E-state index in [2.05, 4.69) is 33.2 Å². The molecule has 3 rings (SSSR count). The Morgan fingerprint density at radius 1 is 1.12 bits per heavy atom. The van der Waals surface area contributed by atoms with E-state index >= 15 is 0 Å². The maximum atomic E-state index is 5.36. The highest BCUT2D eigenvalue weighted by Crippen LogP contribution is 2.26. The Hall–Kier alpha value is -1.89. The van der Waals surface area contributed by atoms with Crippen molar-refractivity contribution >= 4 is 22.7 Å². The molecule has 0 aliphatic carbocycles. The topological polar surface area (TPSA) is 43.4 Å². The predicted molar refractivity (Wildman–Crippen MR) is 104 cm³/mol. The smallest absolute Gasteiger partial charge is 0.122 e. The predicted octanol–water partition coefficient (Wildman–Crippen LogP) is 4.60. The van der Waals surface area contributed by atoms with Crippen molar-refractivity contribution in [2.45, 2.75) is 25.9 Å². The van der Waals surface area contributed by atoms with Crippen LogP contribution in [-0.2, 0) is 13.0 Å². The molecular formula is C19H22N2O2S2. The third kappa shape index (κ3) is 4.81. The molecule has 0 spiro atoms. The number of thiazole rings is 1. The molecule has 25 heavy (non-hydrogen) atoms. The van der Waals surface area contributed by atoms with Gasteiger partial charge in [-0.2, -0.15) is 0 Å². The number of ether oxygens (including phenoxy) is 2. The van der Waals surface area contributed by atoms with E-state index in [1.54, 1.807) is 36.9 Å². The van der Waals surface area contributed by atoms with Crippen molar-refractivity contribution in [2.75, 3.05) is 14.2 Å². The van der Waals surface area contributed by atoms with Crippen LogP contribution in [0.4, 0.5) is 0 Å². The van der Waals surface area contributed by atoms with Crippen molar-refractivity contribution < 1.29 is 9.47 Å². The van der Waals surface area contributed by atoms with Gasteiger partial charge in [-0.05, 0) is 36.1 Å². The van der Waals surface area contributed by atoms with Crippen LogP contribution in [0.3, 0.4) is 0 Å². The Morgan fingerprint density at radius 2 is 1.88 bits per heavy atom. The number of benzene rings is 1. The molecule has 0 aliphatic heterocycles. The SMILES string of the molecule is COc1cc(CNC(Cc2cccs2)c2nc(C)cs2)cc(OC)c1. The Bertz CT molecular complexity index is 777. The van der Waals surface area contributed by atoms with Crippen LogP contribution in [0, 0.1) is 6.92 Å². The van der Waals surface area contributed by atoms with E-state index in [4.69, 9.17) is 9.47 Å². The lowest BCUT2D eigenvalue weighted by Gasteiger charge is -2.17. The van der Waals surface area contributed by atoms with Crippen LogP contribution in [0.25, 0.3) is 0 Å². The minimum atomic E-state index is 0.189. The molecule has 0 fully saturated rings. The number of nitrogens with zero attached hydrogens (tertiary/aromatic N) is 1. The van der Waals surface area contributed by atoms with Crippen molar-refractivity contribution in [2.24, 2.45) is 0 Å². The van der Waals surface area contributed by atoms with Crippen molar-refractivity contribution in [3.63, 3.8) is 0 Å². The van der Waals surface area contributed by atoms with Crippen LogP contribution in [0.1, 0.15) is 27.2 Å². The van der Waals surface area contributed by atoms with Gasteiger partial charge in [0.2, 0.25) is 0 Å². The molecule has 132 valence electrons. The Balaban J connectivity index is 1.76. The summed E-state index contributed by atoms with van der Waals surface area (Å²) >= 11 is 3.49. The number of thiophene rings is 1. The highest BCUT2D eigenvalue weighted by Gasteiger charge is 2.16. The van der Waals surface area contributed by atoms with Gasteiger partial charge in [0.1, 0.15) is 16.5 Å². The molecule has 2 heterocycles. The van der Waals surface area contributed by atoms with Crippen LogP contribution in [-0.4, -0.2) is 19.2 Å². The quantitative estimate of drug-likeness (QED) is 0.626. The van der Waals surface area contributed by atoms with Crippen LogP contribution in [0.2, 0.25) is 0 Å². The number of hydrogen-bond donors (Lipinski definition) is 1. The number of hydrogen-bond acceptors (Lipinski definition) is 6. The normalized spacial score (nSPS) is 12.1. The van der Waals surface area contributed by atoms with Gasteiger partial charge in [-0.3, -0.25) is 0 Å². The number of aromatic nitrogens is 1. The lowest BCUT2D eigenvalue weighted by Crippen LogP contribution is -2.22. The van der Waals surface area contributed by atoms with Gasteiger partial charge < -0.3 is 14.8 Å². The summed E-state index contributed by atoms with van der Waals surface area (Å²) in [4.78, 5) is 6.04. The third-order valence-corrected chi connectivity index (χ3v) is 5.86. The minimum absolute atomic E-state index is 0.189. The first-order valence-electron chi connectivity index (χ1n) is 8.07. The van der Waals surface area contributed by atoms with Crippen molar-refractivity contribution in [3.8, 4) is 11.5 Å². The fourth-order valence-corrected chi connectivity index (χ4v) is 4.24. The van der Waals surface area contributed by atoms with Gasteiger partial charge in [0.05, 0.1) is 20.3 Å². The van der Waals surface area contributed by atoms with Crippen LogP contribution < -0.4 is 14.8 Å². The van der Waals surface area contributed by atoms with Crippen molar-refractivity contribution in [1.82, 2.24) is 10.3 Å². The summed E-state index contributed by atoms with van der Waals surface area (Å²) in [5, 5.41) is 9.00. The fraction of sp³-hybridized carbons (Fsp3) is 0.316. The largest absolute Gasteiger partial charge is 0.497 e. The zero-order valence-electron chi connectivity index (χ0n) is 14.6. The molecule has 0 amide bonds. The molecule has 0 bridgehead atoms. The minimum Gasteiger partial charge on any atom is -0.497 e. The Morgan fingerprint density at radius 3 is 2.44 bits per heavy atom. The summed E-state index contributed by atoms with van der Waals surface area (Å²) in [5.74, 6) is 1.60. The maximum Gasteiger partial charge on any atom is 0.122 e. The molecular weight excluding hydrogens is 352 g/mol. The molecule has 0 saturated heterocycles. The standard InChI is InChI=1S/C19H22N2O2S2/c1-13-12-25-19(21-13)18(10-17-5-4-6-24-17)20-11-14-7-15(22-2)9-16(8-14)23-3/h4-9,12,18,20H,10-11H2,1-3H3. The van der Waals surface area contributed by atoms with Gasteiger partial charge in [-0.1, -0.05) is 6.07 Å². The molecule has 1 unspecified atom stereocenters. The van der Waals surface area contributed by atoms with Crippen molar-refractivity contribution in [1.29, 1.82) is 0 Å². The summed E-state index contributed by atoms with van der Waals surface area (Å²) in [5.41, 5.74) is 2.20. The maximum absolute atomic E-state index is 5.36. The molecule has 0 aliphatic rings. The van der Waals surface area contributed by atoms with Gasteiger partial charge in [0.15, 0.2) is 0 Å². The molecule has 1 N–H and O–H groups in total. The molecule has 4 nitrogen and oxygen atoms in total. The van der Waals surface area contributed by atoms with E-state index in [0.29, 0.717) is 0 Å². The second-order valence-corrected chi connectivity index (χ2v) is 7.69. The zero-order valence-corrected chi connectivity index (χ0v) is 16.2. The third-order valence-electron chi connectivity index (χ3n) is 3.88. The van der Waals surface area contributed by atoms with Gasteiger partial charge in [0, 0.05) is 35.0 Å². The molecule has 6 heteroatoms. The summed E-state index contributed by atoms with van der Waals surface area (Å²) in [6, 6.07) is 10.4. The first kappa shape index (κ1) is 17.9. The molecule has 0 radical (unpaired) electrons. The summed E-state index contributed by atoms with van der Waals surface area (Å²) < 4.78 is 10.7. The zero-order chi connectivity index (χ0) is 17.6. The van der Waals surface area contributed by atoms with E-state index in [1.807, 2.05) is 25.1 Å². The lowest BCUT2D eigenvalue weighted by molar-refractivity contribution is 0.392. The summed E-state index contributed by atoms with van der Waals surface area (Å²) in [6.45, 7) is 2.76. The summed E-state index contributed by atoms with van der Waals surface area (Å²) in [7, 11) is 3.34. The van der Waals surface area contributed by atoms with E-state index in [1.165, 1.54) is 4.88 Å². The number of nitrogens with one attached hydrogen (secondary N) is 1. The molecule has 3 aromatic rings. The molecule has 0 saturated carbocycles. The van der Waals surface area contributed by atoms with E-state index in [9.17, 15) is 0 Å². The van der Waals surface area contributed by atoms with Gasteiger partial charge >= 0.3 is 0 Å². The molecule has 2 aromatic heterocycles. The lowest BCUT2D eigenvalue weighted by atomic mass is 10.1. The van der Waals surface area contributed by atoms with Crippen LogP contribution in [0.15, 0.2) is 41.1 Å². The average Bonchev–Trinajstić information content (AvgIpc) is 3.29. The highest BCUT2D eigenvalue weighted by atomic mass is 32.1. The summed E-state index contributed by atoms with van der Waals surface area (Å²) in [6.07, 6.45) is 0.936. The Labute approximate surface area is 156 Å². The van der Waals surface area contributed by atoms with Gasteiger partial charge in [0.25, 0.3) is 0 Å². The highest BCUT2D eigenvalue weighted by molar-refractivity contribution is 7.10. The first-order chi connectivity index (χ1) is 12.2. The first-order valence-corrected chi connectivity index (χ1v) is 9.83. The average molecular weight is 375 g/mol.